The summed E-state index contributed by atoms with van der Waals surface area (Å²) in [5.74, 6) is 0.0586. The second kappa shape index (κ2) is 12.2. The summed E-state index contributed by atoms with van der Waals surface area (Å²) < 4.78 is 38.7. The third-order valence-corrected chi connectivity index (χ3v) is 15.2. The lowest BCUT2D eigenvalue weighted by atomic mass is 9.88. The van der Waals surface area contributed by atoms with Gasteiger partial charge in [0.2, 0.25) is 5.69 Å². The minimum absolute atomic E-state index is 0.217. The van der Waals surface area contributed by atoms with Crippen molar-refractivity contribution in [3.8, 4) is 39.5 Å². The Kier molecular flexibility index (Phi) is 7.22. The summed E-state index contributed by atoms with van der Waals surface area (Å²) in [6, 6.07) is 40.9. The van der Waals surface area contributed by atoms with Gasteiger partial charge in [0.1, 0.15) is 22.7 Å². The van der Waals surface area contributed by atoms with Crippen LogP contribution in [0.25, 0.3) is 72.4 Å². The number of furan rings is 1. The highest BCUT2D eigenvalue weighted by atomic mass is 28.3. The predicted molar refractivity (Wildman–Crippen MR) is 241 cm³/mol. The van der Waals surface area contributed by atoms with Crippen molar-refractivity contribution < 1.29 is 19.3 Å². The quantitative estimate of drug-likeness (QED) is 0.129. The van der Waals surface area contributed by atoms with Crippen LogP contribution < -0.4 is 14.3 Å². The van der Waals surface area contributed by atoms with E-state index >= 15 is 0 Å². The van der Waals surface area contributed by atoms with E-state index in [2.05, 4.69) is 157 Å². The van der Waals surface area contributed by atoms with Crippen LogP contribution in [0.4, 0.5) is 4.39 Å². The third kappa shape index (κ3) is 4.69. The van der Waals surface area contributed by atoms with E-state index in [1.807, 2.05) is 27.7 Å². The molecule has 11 rings (SSSR count). The van der Waals surface area contributed by atoms with Crippen LogP contribution in [0.5, 0.6) is 0 Å². The molecule has 59 heavy (non-hydrogen) atoms. The van der Waals surface area contributed by atoms with Crippen molar-refractivity contribution in [2.75, 3.05) is 0 Å². The Balaban J connectivity index is 1.35. The molecule has 0 radical (unpaired) electrons. The van der Waals surface area contributed by atoms with Crippen molar-refractivity contribution in [3.05, 3.63) is 166 Å². The van der Waals surface area contributed by atoms with Crippen LogP contribution >= 0.6 is 0 Å². The lowest BCUT2D eigenvalue weighted by Crippen LogP contribution is -2.72. The molecule has 5 heterocycles. The molecule has 0 bridgehead atoms. The maximum absolute atomic E-state index is 14.5. The van der Waals surface area contributed by atoms with E-state index in [1.165, 1.54) is 27.4 Å². The van der Waals surface area contributed by atoms with Crippen molar-refractivity contribution in [1.29, 1.82) is 0 Å². The third-order valence-electron chi connectivity index (χ3n) is 13.2. The van der Waals surface area contributed by atoms with Gasteiger partial charge in [-0.25, -0.2) is 4.39 Å². The monoisotopic (exact) mass is 790 g/mol. The van der Waals surface area contributed by atoms with Crippen molar-refractivity contribution in [2.45, 2.75) is 72.7 Å². The number of aryl methyl sites for hydroxylation is 4. The lowest BCUT2D eigenvalue weighted by molar-refractivity contribution is -0.944. The number of halogens is 1. The molecular weight excluding hydrogens is 742 g/mol. The van der Waals surface area contributed by atoms with Crippen molar-refractivity contribution in [2.24, 2.45) is 0 Å². The maximum atomic E-state index is 14.5. The molecule has 0 N–H and O–H groups in total. The Hall–Kier alpha value is -6.11. The highest BCUT2D eigenvalue weighted by molar-refractivity contribution is 6.89. The number of aromatic nitrogens is 3. The second-order valence-electron chi connectivity index (χ2n) is 18.1. The number of rotatable bonds is 4. The van der Waals surface area contributed by atoms with Gasteiger partial charge in [-0.2, -0.15) is 4.57 Å². The molecule has 9 aromatic rings. The summed E-state index contributed by atoms with van der Waals surface area (Å²) in [5.41, 5.74) is 17.3. The molecular formula is C53H48FN3OSi+2. The minimum atomic E-state index is -2.01. The van der Waals surface area contributed by atoms with E-state index in [-0.39, 0.29) is 5.82 Å². The zero-order valence-electron chi connectivity index (χ0n) is 36.2. The molecule has 1 atom stereocenters. The first-order valence-electron chi connectivity index (χ1n) is 21.2. The summed E-state index contributed by atoms with van der Waals surface area (Å²) in [6.07, 6.45) is 2.42. The molecule has 1 spiro atoms. The van der Waals surface area contributed by atoms with Gasteiger partial charge in [-0.05, 0) is 133 Å². The first-order chi connectivity index (χ1) is 28.6. The van der Waals surface area contributed by atoms with Crippen LogP contribution in [-0.2, 0) is 5.66 Å². The van der Waals surface area contributed by atoms with Gasteiger partial charge < -0.3 is 4.42 Å². The summed E-state index contributed by atoms with van der Waals surface area (Å²) in [7, 11) is -2.01. The van der Waals surface area contributed by atoms with Gasteiger partial charge in [0, 0.05) is 23.4 Å². The fourth-order valence-corrected chi connectivity index (χ4v) is 12.4. The van der Waals surface area contributed by atoms with Crippen LogP contribution in [0, 0.1) is 33.5 Å². The predicted octanol–water partition coefficient (Wildman–Crippen LogP) is 12.1. The van der Waals surface area contributed by atoms with Crippen LogP contribution in [0.3, 0.4) is 0 Å². The van der Waals surface area contributed by atoms with Crippen molar-refractivity contribution >= 4 is 46.2 Å². The number of imidazole rings is 1. The van der Waals surface area contributed by atoms with E-state index in [0.717, 1.165) is 89.1 Å². The molecule has 6 aromatic carbocycles. The van der Waals surface area contributed by atoms with Crippen molar-refractivity contribution in [3.63, 3.8) is 0 Å². The molecule has 290 valence electrons. The van der Waals surface area contributed by atoms with Gasteiger partial charge in [-0.1, -0.05) is 82.0 Å². The Labute approximate surface area is 347 Å². The highest BCUT2D eigenvalue weighted by Crippen LogP contribution is 2.53. The smallest absolute Gasteiger partial charge is 0.364 e. The summed E-state index contributed by atoms with van der Waals surface area (Å²) in [6.45, 7) is 19.6. The van der Waals surface area contributed by atoms with Crippen LogP contribution in [0.15, 0.2) is 126 Å². The normalized spacial score (nSPS) is 15.9. The number of benzene rings is 6. The fourth-order valence-electron chi connectivity index (χ4n) is 10.8. The standard InChI is InChI=1S/C53H48FN3OSi/c1-30(2)39-28-45-38-17-10-11-18-41(38)53(55(45)29-47(39)59(7,8)9)42-23-22-37-40-27-35(48-33(5)25-36(54)26-34(48)6)21-24-46(40)58-51(37)49(42)52-56(50-31(3)15-14-16-32(50)4)43-19-12-13-20-44(43)57(52)53/h10-30H,1-9H3/q+2/i30D. The molecule has 1 unspecified atom stereocenters. The van der Waals surface area contributed by atoms with E-state index in [4.69, 9.17) is 4.42 Å². The first-order valence-corrected chi connectivity index (χ1v) is 24.2. The largest absolute Gasteiger partial charge is 0.455 e. The van der Waals surface area contributed by atoms with E-state index < -0.39 is 19.6 Å². The molecule has 3 aromatic heterocycles. The number of pyridine rings is 1. The summed E-state index contributed by atoms with van der Waals surface area (Å²) >= 11 is 0. The first kappa shape index (κ1) is 34.9. The molecule has 6 heteroatoms. The SMILES string of the molecule is [2H]C(C)(C)c1cc2[n+](cc1[Si](C)(C)C)C1(c3ccccc3-2)c2ccc3c(oc4ccc(-c5c(C)cc(F)cc5C)cc43)c2-c2n(-c3c(C)cccc3C)c3ccccc3[n+]21. The number of hydrogen-bond donors (Lipinski definition) is 0. The number of nitrogens with zero attached hydrogens (tertiary/aromatic N) is 3. The van der Waals surface area contributed by atoms with Crippen LogP contribution in [-0.4, -0.2) is 12.6 Å². The summed E-state index contributed by atoms with van der Waals surface area (Å²) in [4.78, 5) is 0. The molecule has 0 saturated carbocycles. The van der Waals surface area contributed by atoms with E-state index in [9.17, 15) is 5.76 Å². The van der Waals surface area contributed by atoms with E-state index in [0.29, 0.717) is 0 Å². The zero-order chi connectivity index (χ0) is 41.8. The molecule has 0 amide bonds. The van der Waals surface area contributed by atoms with Gasteiger partial charge in [-0.15, -0.1) is 9.13 Å². The second-order valence-corrected chi connectivity index (χ2v) is 23.2. The van der Waals surface area contributed by atoms with E-state index in [1.54, 1.807) is 12.1 Å². The Morgan fingerprint density at radius 2 is 1.44 bits per heavy atom. The highest BCUT2D eigenvalue weighted by Gasteiger charge is 2.67. The fraction of sp³-hybridized carbons (Fsp3) is 0.208. The molecule has 0 saturated heterocycles. The summed E-state index contributed by atoms with van der Waals surface area (Å²) in [5, 5.41) is 3.35. The molecule has 2 aliphatic rings. The molecule has 0 aliphatic carbocycles. The maximum Gasteiger partial charge on any atom is 0.364 e. The molecule has 4 nitrogen and oxygen atoms in total. The lowest BCUT2D eigenvalue weighted by Gasteiger charge is -2.25. The molecule has 2 aliphatic heterocycles. The topological polar surface area (TPSA) is 25.8 Å². The molecule has 0 fully saturated rings. The van der Waals surface area contributed by atoms with Crippen molar-refractivity contribution in [1.82, 2.24) is 4.57 Å². The zero-order valence-corrected chi connectivity index (χ0v) is 36.2. The Morgan fingerprint density at radius 1 is 0.729 bits per heavy atom. The average Bonchev–Trinajstić information content (AvgIpc) is 3.90. The minimum Gasteiger partial charge on any atom is -0.455 e. The van der Waals surface area contributed by atoms with Gasteiger partial charge in [-0.3, -0.25) is 0 Å². The number of hydrogen-bond acceptors (Lipinski definition) is 1. The Morgan fingerprint density at radius 3 is 2.17 bits per heavy atom. The van der Waals surface area contributed by atoms with Gasteiger partial charge in [0.05, 0.1) is 24.8 Å². The van der Waals surface area contributed by atoms with Crippen LogP contribution in [0.2, 0.25) is 19.6 Å². The number of para-hydroxylation sites is 3. The Bertz CT molecular complexity index is 3320. The number of fused-ring (bicyclic) bond motifs is 16. The van der Waals surface area contributed by atoms with Gasteiger partial charge >= 0.3 is 11.5 Å². The average molecular weight is 791 g/mol. The van der Waals surface area contributed by atoms with Gasteiger partial charge in [0.15, 0.2) is 22.8 Å². The van der Waals surface area contributed by atoms with Crippen LogP contribution in [0.1, 0.15) is 60.1 Å². The van der Waals surface area contributed by atoms with Gasteiger partial charge in [0.25, 0.3) is 0 Å².